The van der Waals surface area contributed by atoms with Gasteiger partial charge >= 0.3 is 0 Å². The molecule has 0 spiro atoms. The first-order chi connectivity index (χ1) is 15.6. The van der Waals surface area contributed by atoms with E-state index in [1.165, 1.54) is 11.8 Å². The highest BCUT2D eigenvalue weighted by molar-refractivity contribution is 7.99. The molecule has 0 aliphatic carbocycles. The molecule has 0 unspecified atom stereocenters. The van der Waals surface area contributed by atoms with Crippen LogP contribution < -0.4 is 5.32 Å². The lowest BCUT2D eigenvalue weighted by atomic mass is 10.2. The molecule has 2 heterocycles. The van der Waals surface area contributed by atoms with Crippen molar-refractivity contribution in [2.75, 3.05) is 5.75 Å². The standard InChI is InChI=1S/C23H19Cl2N5OS/c24-17-9-10-19(20(25)12-17)22-28-29-23(30(22)14-16-6-2-1-3-7-16)32-15-21(31)27-13-18-8-4-5-11-26-18/h1-12H,13-15H2,(H,27,31). The number of hydrogen-bond donors (Lipinski definition) is 1. The van der Waals surface area contributed by atoms with Crippen molar-refractivity contribution >= 4 is 40.9 Å². The lowest BCUT2D eigenvalue weighted by molar-refractivity contribution is -0.118. The minimum Gasteiger partial charge on any atom is -0.350 e. The van der Waals surface area contributed by atoms with Crippen molar-refractivity contribution in [2.24, 2.45) is 0 Å². The number of benzene rings is 2. The van der Waals surface area contributed by atoms with Crippen LogP contribution in [0.25, 0.3) is 11.4 Å². The van der Waals surface area contributed by atoms with Gasteiger partial charge in [-0.15, -0.1) is 10.2 Å². The Morgan fingerprint density at radius 1 is 1.00 bits per heavy atom. The van der Waals surface area contributed by atoms with Crippen molar-refractivity contribution < 1.29 is 4.79 Å². The van der Waals surface area contributed by atoms with E-state index < -0.39 is 0 Å². The van der Waals surface area contributed by atoms with Crippen LogP contribution in [0.3, 0.4) is 0 Å². The molecule has 4 aromatic rings. The number of carbonyl (C=O) groups excluding carboxylic acids is 1. The Balaban J connectivity index is 1.53. The van der Waals surface area contributed by atoms with Gasteiger partial charge in [-0.1, -0.05) is 71.4 Å². The second-order valence-corrected chi connectivity index (χ2v) is 8.67. The quantitative estimate of drug-likeness (QED) is 0.352. The summed E-state index contributed by atoms with van der Waals surface area (Å²) in [6, 6.07) is 20.8. The number of pyridine rings is 1. The smallest absolute Gasteiger partial charge is 0.230 e. The van der Waals surface area contributed by atoms with Crippen LogP contribution in [-0.4, -0.2) is 31.4 Å². The summed E-state index contributed by atoms with van der Waals surface area (Å²) in [4.78, 5) is 16.6. The summed E-state index contributed by atoms with van der Waals surface area (Å²) in [5.41, 5.74) is 2.61. The summed E-state index contributed by atoms with van der Waals surface area (Å²) in [7, 11) is 0. The van der Waals surface area contributed by atoms with Crippen LogP contribution in [-0.2, 0) is 17.9 Å². The van der Waals surface area contributed by atoms with Gasteiger partial charge in [0, 0.05) is 16.8 Å². The first-order valence-corrected chi connectivity index (χ1v) is 11.6. The Labute approximate surface area is 200 Å². The summed E-state index contributed by atoms with van der Waals surface area (Å²) in [5, 5.41) is 13.2. The number of nitrogens with zero attached hydrogens (tertiary/aromatic N) is 4. The number of thioether (sulfide) groups is 1. The molecule has 1 amide bonds. The van der Waals surface area contributed by atoms with Crippen LogP contribution in [0.5, 0.6) is 0 Å². The Morgan fingerprint density at radius 2 is 1.81 bits per heavy atom. The highest BCUT2D eigenvalue weighted by Crippen LogP contribution is 2.32. The largest absolute Gasteiger partial charge is 0.350 e. The Kier molecular flexibility index (Phi) is 7.42. The average molecular weight is 484 g/mol. The molecular formula is C23H19Cl2N5OS. The van der Waals surface area contributed by atoms with E-state index in [2.05, 4.69) is 20.5 Å². The van der Waals surface area contributed by atoms with Crippen LogP contribution in [0.1, 0.15) is 11.3 Å². The summed E-state index contributed by atoms with van der Waals surface area (Å²) in [5.74, 6) is 0.710. The summed E-state index contributed by atoms with van der Waals surface area (Å²) >= 11 is 13.8. The predicted octanol–water partition coefficient (Wildman–Crippen LogP) is 5.10. The fraction of sp³-hybridized carbons (Fsp3) is 0.130. The van der Waals surface area contributed by atoms with Crippen LogP contribution >= 0.6 is 35.0 Å². The first-order valence-electron chi connectivity index (χ1n) is 9.82. The number of amides is 1. The maximum atomic E-state index is 12.4. The van der Waals surface area contributed by atoms with Gasteiger partial charge in [-0.3, -0.25) is 14.3 Å². The molecule has 6 nitrogen and oxygen atoms in total. The fourth-order valence-electron chi connectivity index (χ4n) is 3.05. The number of hydrogen-bond acceptors (Lipinski definition) is 5. The van der Waals surface area contributed by atoms with E-state index >= 15 is 0 Å². The molecule has 0 saturated carbocycles. The van der Waals surface area contributed by atoms with Crippen molar-refractivity contribution in [3.05, 3.63) is 94.2 Å². The van der Waals surface area contributed by atoms with Gasteiger partial charge in [-0.25, -0.2) is 0 Å². The SMILES string of the molecule is O=C(CSc1nnc(-c2ccc(Cl)cc2Cl)n1Cc1ccccc1)NCc1ccccn1. The number of nitrogens with one attached hydrogen (secondary N) is 1. The minimum absolute atomic E-state index is 0.110. The molecule has 0 atom stereocenters. The fourth-order valence-corrected chi connectivity index (χ4v) is 4.31. The van der Waals surface area contributed by atoms with Gasteiger partial charge in [-0.2, -0.15) is 0 Å². The van der Waals surface area contributed by atoms with Gasteiger partial charge in [0.15, 0.2) is 11.0 Å². The Morgan fingerprint density at radius 3 is 2.56 bits per heavy atom. The summed E-state index contributed by atoms with van der Waals surface area (Å²) in [6.07, 6.45) is 1.70. The highest BCUT2D eigenvalue weighted by atomic mass is 35.5. The van der Waals surface area contributed by atoms with E-state index in [1.807, 2.05) is 59.2 Å². The maximum Gasteiger partial charge on any atom is 0.230 e. The third kappa shape index (κ3) is 5.68. The predicted molar refractivity (Wildman–Crippen MR) is 128 cm³/mol. The van der Waals surface area contributed by atoms with Gasteiger partial charge in [0.25, 0.3) is 0 Å². The molecule has 4 rings (SSSR count). The number of carbonyl (C=O) groups is 1. The van der Waals surface area contributed by atoms with E-state index in [4.69, 9.17) is 23.2 Å². The highest BCUT2D eigenvalue weighted by Gasteiger charge is 2.18. The van der Waals surface area contributed by atoms with E-state index in [-0.39, 0.29) is 11.7 Å². The van der Waals surface area contributed by atoms with Crippen LogP contribution in [0.4, 0.5) is 0 Å². The zero-order valence-corrected chi connectivity index (χ0v) is 19.2. The van der Waals surface area contributed by atoms with Crippen molar-refractivity contribution in [1.82, 2.24) is 25.1 Å². The number of rotatable bonds is 8. The molecule has 0 radical (unpaired) electrons. The van der Waals surface area contributed by atoms with E-state index in [1.54, 1.807) is 18.3 Å². The minimum atomic E-state index is -0.110. The zero-order valence-electron chi connectivity index (χ0n) is 16.9. The maximum absolute atomic E-state index is 12.4. The Hall–Kier alpha value is -2.87. The van der Waals surface area contributed by atoms with Gasteiger partial charge < -0.3 is 5.32 Å². The van der Waals surface area contributed by atoms with Gasteiger partial charge in [0.05, 0.1) is 29.6 Å². The molecule has 1 N–H and O–H groups in total. The van der Waals surface area contributed by atoms with Gasteiger partial charge in [0.1, 0.15) is 0 Å². The zero-order chi connectivity index (χ0) is 22.3. The summed E-state index contributed by atoms with van der Waals surface area (Å²) < 4.78 is 1.96. The van der Waals surface area contributed by atoms with Crippen molar-refractivity contribution in [3.63, 3.8) is 0 Å². The first kappa shape index (κ1) is 22.3. The molecule has 162 valence electrons. The Bertz CT molecular complexity index is 1200. The van der Waals surface area contributed by atoms with E-state index in [0.717, 1.165) is 16.8 Å². The molecule has 0 bridgehead atoms. The van der Waals surface area contributed by atoms with Crippen LogP contribution in [0.15, 0.2) is 78.1 Å². The normalized spacial score (nSPS) is 10.8. The van der Waals surface area contributed by atoms with Crippen LogP contribution in [0.2, 0.25) is 10.0 Å². The second kappa shape index (κ2) is 10.6. The van der Waals surface area contributed by atoms with Crippen molar-refractivity contribution in [1.29, 1.82) is 0 Å². The van der Waals surface area contributed by atoms with Gasteiger partial charge in [0.2, 0.25) is 5.91 Å². The topological polar surface area (TPSA) is 72.7 Å². The number of halogens is 2. The molecule has 0 saturated heterocycles. The van der Waals surface area contributed by atoms with Gasteiger partial charge in [-0.05, 0) is 35.9 Å². The van der Waals surface area contributed by atoms with E-state index in [0.29, 0.717) is 34.1 Å². The third-order valence-electron chi connectivity index (χ3n) is 4.60. The molecular weight excluding hydrogens is 465 g/mol. The molecule has 2 aromatic heterocycles. The molecule has 0 aliphatic heterocycles. The lowest BCUT2D eigenvalue weighted by Crippen LogP contribution is -2.25. The van der Waals surface area contributed by atoms with E-state index in [9.17, 15) is 4.79 Å². The average Bonchev–Trinajstić information content (AvgIpc) is 3.19. The molecule has 32 heavy (non-hydrogen) atoms. The monoisotopic (exact) mass is 483 g/mol. The lowest BCUT2D eigenvalue weighted by Gasteiger charge is -2.11. The van der Waals surface area contributed by atoms with Crippen molar-refractivity contribution in [2.45, 2.75) is 18.2 Å². The summed E-state index contributed by atoms with van der Waals surface area (Å²) in [6.45, 7) is 0.919. The molecule has 9 heteroatoms. The second-order valence-electron chi connectivity index (χ2n) is 6.89. The third-order valence-corrected chi connectivity index (χ3v) is 6.11. The molecule has 2 aromatic carbocycles. The van der Waals surface area contributed by atoms with Crippen LogP contribution in [0, 0.1) is 0 Å². The van der Waals surface area contributed by atoms with Crippen molar-refractivity contribution in [3.8, 4) is 11.4 Å². The molecule has 0 fully saturated rings. The number of aromatic nitrogens is 4. The molecule has 0 aliphatic rings.